The summed E-state index contributed by atoms with van der Waals surface area (Å²) in [7, 11) is 4.68. The van der Waals surface area contributed by atoms with Crippen LogP contribution in [0.2, 0.25) is 0 Å². The van der Waals surface area contributed by atoms with Crippen molar-refractivity contribution in [2.45, 2.75) is 26.4 Å². The lowest BCUT2D eigenvalue weighted by molar-refractivity contribution is 0.0636. The fourth-order valence-corrected chi connectivity index (χ4v) is 3.54. The number of nitrogens with one attached hydrogen (secondary N) is 2. The number of benzene rings is 2. The molecule has 1 amide bonds. The van der Waals surface area contributed by atoms with Crippen molar-refractivity contribution >= 4 is 34.6 Å². The molecule has 0 saturated carbocycles. The minimum atomic E-state index is -0.638. The zero-order valence-corrected chi connectivity index (χ0v) is 21.4. The first-order chi connectivity index (χ1) is 17.6. The number of aryl methyl sites for hydroxylation is 1. The zero-order valence-electron chi connectivity index (χ0n) is 21.4. The van der Waals surface area contributed by atoms with Crippen LogP contribution >= 0.6 is 0 Å². The molecule has 0 aliphatic carbocycles. The summed E-state index contributed by atoms with van der Waals surface area (Å²) in [5.41, 5.74) is 1.55. The second-order valence-electron chi connectivity index (χ2n) is 9.13. The summed E-state index contributed by atoms with van der Waals surface area (Å²) >= 11 is 0. The quantitative estimate of drug-likeness (QED) is 0.390. The largest absolute Gasteiger partial charge is 0.497 e. The van der Waals surface area contributed by atoms with Gasteiger partial charge in [-0.1, -0.05) is 12.1 Å². The van der Waals surface area contributed by atoms with E-state index in [1.54, 1.807) is 70.3 Å². The number of fused-ring (bicyclic) bond motifs is 1. The Bertz CT molecular complexity index is 1500. The van der Waals surface area contributed by atoms with Crippen LogP contribution < -0.4 is 25.7 Å². The van der Waals surface area contributed by atoms with E-state index in [2.05, 4.69) is 25.6 Å². The van der Waals surface area contributed by atoms with E-state index in [0.29, 0.717) is 39.6 Å². The van der Waals surface area contributed by atoms with E-state index in [0.717, 1.165) is 0 Å². The molecule has 192 valence electrons. The summed E-state index contributed by atoms with van der Waals surface area (Å²) in [6.07, 6.45) is 0.934. The van der Waals surface area contributed by atoms with Gasteiger partial charge in [-0.3, -0.25) is 14.7 Å². The number of ether oxygens (including phenoxy) is 3. The van der Waals surface area contributed by atoms with E-state index in [1.165, 1.54) is 25.0 Å². The monoisotopic (exact) mass is 504 g/mol. The number of rotatable bonds is 6. The first-order valence-electron chi connectivity index (χ1n) is 11.4. The number of para-hydroxylation sites is 2. The Labute approximate surface area is 213 Å². The van der Waals surface area contributed by atoms with Crippen LogP contribution in [0.5, 0.6) is 11.5 Å². The molecule has 2 N–H and O–H groups in total. The first kappa shape index (κ1) is 25.4. The predicted molar refractivity (Wildman–Crippen MR) is 141 cm³/mol. The number of aromatic nitrogens is 4. The summed E-state index contributed by atoms with van der Waals surface area (Å²) < 4.78 is 17.4. The summed E-state index contributed by atoms with van der Waals surface area (Å²) in [6, 6.07) is 12.2. The van der Waals surface area contributed by atoms with Crippen LogP contribution in [0, 0.1) is 0 Å². The van der Waals surface area contributed by atoms with E-state index in [9.17, 15) is 9.59 Å². The smallest absolute Gasteiger partial charge is 0.412 e. The average Bonchev–Trinajstić information content (AvgIpc) is 2.86. The molecule has 0 radical (unpaired) electrons. The van der Waals surface area contributed by atoms with Crippen LogP contribution in [0.1, 0.15) is 20.8 Å². The van der Waals surface area contributed by atoms with Crippen molar-refractivity contribution in [2.75, 3.05) is 24.9 Å². The van der Waals surface area contributed by atoms with Gasteiger partial charge in [0.05, 0.1) is 31.8 Å². The Kier molecular flexibility index (Phi) is 6.96. The number of nitrogens with zero attached hydrogens (tertiary/aromatic N) is 4. The van der Waals surface area contributed by atoms with Gasteiger partial charge in [0, 0.05) is 18.7 Å². The lowest BCUT2D eigenvalue weighted by Crippen LogP contribution is -2.27. The number of carbonyl (C=O) groups excluding carboxylic acids is 1. The first-order valence-corrected chi connectivity index (χ1v) is 11.4. The number of hydrogen-bond acceptors (Lipinski definition) is 9. The number of amides is 1. The van der Waals surface area contributed by atoms with Crippen molar-refractivity contribution < 1.29 is 19.0 Å². The zero-order chi connectivity index (χ0) is 26.7. The standard InChI is InChI=1S/C26H28N6O5/c1-26(2,3)37-25(34)30-19-10-8-7-9-18(19)29-24-27-14-20-22(31-24)32(4)23(33)21(28-20)15-11-16(35-5)13-17(12-15)36-6/h7-14H,1-6H3,(H,30,34)(H,27,29,31). The fraction of sp³-hybridized carbons (Fsp3) is 0.269. The van der Waals surface area contributed by atoms with E-state index in [4.69, 9.17) is 14.2 Å². The number of hydrogen-bond donors (Lipinski definition) is 2. The minimum absolute atomic E-state index is 0.211. The number of anilines is 3. The predicted octanol–water partition coefficient (Wildman–Crippen LogP) is 4.50. The molecular weight excluding hydrogens is 476 g/mol. The van der Waals surface area contributed by atoms with Gasteiger partial charge in [0.25, 0.3) is 5.56 Å². The van der Waals surface area contributed by atoms with Crippen molar-refractivity contribution in [1.29, 1.82) is 0 Å². The minimum Gasteiger partial charge on any atom is -0.497 e. The molecule has 37 heavy (non-hydrogen) atoms. The highest BCUT2D eigenvalue weighted by molar-refractivity contribution is 5.90. The maximum absolute atomic E-state index is 13.2. The van der Waals surface area contributed by atoms with Crippen molar-refractivity contribution in [3.05, 3.63) is 59.0 Å². The molecule has 0 atom stereocenters. The summed E-state index contributed by atoms with van der Waals surface area (Å²) in [6.45, 7) is 5.36. The van der Waals surface area contributed by atoms with Gasteiger partial charge >= 0.3 is 6.09 Å². The molecule has 2 heterocycles. The molecule has 2 aromatic carbocycles. The molecule has 0 bridgehead atoms. The van der Waals surface area contributed by atoms with Gasteiger partial charge in [0.15, 0.2) is 5.65 Å². The average molecular weight is 505 g/mol. The summed E-state index contributed by atoms with van der Waals surface area (Å²) in [5, 5.41) is 5.81. The van der Waals surface area contributed by atoms with E-state index in [1.807, 2.05) is 0 Å². The molecule has 4 rings (SSSR count). The Hall–Kier alpha value is -4.67. The fourth-order valence-electron chi connectivity index (χ4n) is 3.54. The third-order valence-electron chi connectivity index (χ3n) is 5.24. The van der Waals surface area contributed by atoms with Gasteiger partial charge in [-0.15, -0.1) is 0 Å². The van der Waals surface area contributed by atoms with E-state index in [-0.39, 0.29) is 17.2 Å². The second-order valence-corrected chi connectivity index (χ2v) is 9.13. The molecule has 2 aromatic heterocycles. The summed E-state index contributed by atoms with van der Waals surface area (Å²) in [4.78, 5) is 38.9. The van der Waals surface area contributed by atoms with Crippen molar-refractivity contribution in [3.8, 4) is 22.8 Å². The van der Waals surface area contributed by atoms with E-state index >= 15 is 0 Å². The Morgan fingerprint density at radius 2 is 1.62 bits per heavy atom. The number of methoxy groups -OCH3 is 2. The van der Waals surface area contributed by atoms with E-state index < -0.39 is 11.7 Å². The lowest BCUT2D eigenvalue weighted by atomic mass is 10.1. The highest BCUT2D eigenvalue weighted by Crippen LogP contribution is 2.29. The topological polar surface area (TPSA) is 129 Å². The molecule has 0 aliphatic heterocycles. The second kappa shape index (κ2) is 10.1. The van der Waals surface area contributed by atoms with Crippen LogP contribution in [-0.4, -0.2) is 45.4 Å². The van der Waals surface area contributed by atoms with Crippen molar-refractivity contribution in [1.82, 2.24) is 19.5 Å². The molecule has 0 fully saturated rings. The third kappa shape index (κ3) is 5.77. The van der Waals surface area contributed by atoms with Crippen LogP contribution in [0.3, 0.4) is 0 Å². The van der Waals surface area contributed by atoms with Crippen molar-refractivity contribution in [3.63, 3.8) is 0 Å². The Morgan fingerprint density at radius 1 is 0.973 bits per heavy atom. The molecule has 0 spiro atoms. The molecule has 0 saturated heterocycles. The van der Waals surface area contributed by atoms with Crippen LogP contribution in [0.4, 0.5) is 22.1 Å². The van der Waals surface area contributed by atoms with Gasteiger partial charge in [-0.05, 0) is 45.0 Å². The Morgan fingerprint density at radius 3 is 2.24 bits per heavy atom. The van der Waals surface area contributed by atoms with Crippen LogP contribution in [0.15, 0.2) is 53.5 Å². The third-order valence-corrected chi connectivity index (χ3v) is 5.24. The Balaban J connectivity index is 1.68. The van der Waals surface area contributed by atoms with Gasteiger partial charge in [-0.25, -0.2) is 14.8 Å². The molecule has 11 heteroatoms. The van der Waals surface area contributed by atoms with Crippen LogP contribution in [-0.2, 0) is 11.8 Å². The van der Waals surface area contributed by atoms with Gasteiger partial charge in [0.2, 0.25) is 5.95 Å². The molecular formula is C26H28N6O5. The molecule has 11 nitrogen and oxygen atoms in total. The molecule has 4 aromatic rings. The molecule has 0 unspecified atom stereocenters. The normalized spacial score (nSPS) is 11.2. The van der Waals surface area contributed by atoms with Crippen LogP contribution in [0.25, 0.3) is 22.4 Å². The van der Waals surface area contributed by atoms with Gasteiger partial charge in [-0.2, -0.15) is 4.98 Å². The van der Waals surface area contributed by atoms with Gasteiger partial charge < -0.3 is 19.5 Å². The maximum atomic E-state index is 13.2. The van der Waals surface area contributed by atoms with Crippen molar-refractivity contribution in [2.24, 2.45) is 7.05 Å². The lowest BCUT2D eigenvalue weighted by Gasteiger charge is -2.20. The maximum Gasteiger partial charge on any atom is 0.412 e. The SMILES string of the molecule is COc1cc(OC)cc(-c2nc3cnc(Nc4ccccc4NC(=O)OC(C)(C)C)nc3n(C)c2=O)c1. The summed E-state index contributed by atoms with van der Waals surface area (Å²) in [5.74, 6) is 1.29. The van der Waals surface area contributed by atoms with Gasteiger partial charge in [0.1, 0.15) is 28.3 Å². The molecule has 0 aliphatic rings. The highest BCUT2D eigenvalue weighted by atomic mass is 16.6. The highest BCUT2D eigenvalue weighted by Gasteiger charge is 2.18. The number of carbonyl (C=O) groups is 1.